The van der Waals surface area contributed by atoms with E-state index in [-0.39, 0.29) is 12.4 Å². The van der Waals surface area contributed by atoms with Gasteiger partial charge in [0.2, 0.25) is 0 Å². The zero-order valence-corrected chi connectivity index (χ0v) is 13.6. The summed E-state index contributed by atoms with van der Waals surface area (Å²) in [5.41, 5.74) is 0.717. The number of hydrogen-bond donors (Lipinski definition) is 0. The molecule has 0 fully saturated rings. The first-order chi connectivity index (χ1) is 10.1. The van der Waals surface area contributed by atoms with Crippen LogP contribution in [-0.4, -0.2) is 13.2 Å². The highest BCUT2D eigenvalue weighted by atomic mass is 31.2. The Kier molecular flexibility index (Phi) is 8.77. The average molecular weight is 318 g/mol. The quantitative estimate of drug-likeness (QED) is 0.421. The highest BCUT2D eigenvalue weighted by Gasteiger charge is 2.26. The minimum absolute atomic E-state index is 0.0653. The second kappa shape index (κ2) is 10.1. The summed E-state index contributed by atoms with van der Waals surface area (Å²) < 4.78 is 41.2. The van der Waals surface area contributed by atoms with E-state index in [4.69, 9.17) is 13.6 Å². The van der Waals surface area contributed by atoms with Gasteiger partial charge in [0.25, 0.3) is 0 Å². The van der Waals surface area contributed by atoms with Gasteiger partial charge in [0.05, 0.1) is 19.8 Å². The van der Waals surface area contributed by atoms with Crippen LogP contribution in [0, 0.1) is 5.82 Å². The first-order valence-electron chi connectivity index (χ1n) is 7.37. The number of halogens is 1. The van der Waals surface area contributed by atoms with Gasteiger partial charge in [-0.15, -0.1) is 0 Å². The number of rotatable bonds is 11. The molecule has 0 aliphatic heterocycles. The van der Waals surface area contributed by atoms with E-state index in [1.807, 2.05) is 13.8 Å². The molecule has 0 radical (unpaired) electrons. The summed E-state index contributed by atoms with van der Waals surface area (Å²) in [7, 11) is -3.55. The van der Waals surface area contributed by atoms with Crippen LogP contribution in [0.4, 0.5) is 4.39 Å². The van der Waals surface area contributed by atoms with E-state index < -0.39 is 7.82 Å². The zero-order valence-electron chi connectivity index (χ0n) is 12.7. The molecule has 21 heavy (non-hydrogen) atoms. The van der Waals surface area contributed by atoms with Crippen molar-refractivity contribution in [2.24, 2.45) is 0 Å². The molecule has 0 saturated heterocycles. The van der Waals surface area contributed by atoms with Crippen LogP contribution in [0.15, 0.2) is 24.3 Å². The lowest BCUT2D eigenvalue weighted by atomic mass is 10.2. The molecule has 0 heterocycles. The van der Waals surface area contributed by atoms with Crippen LogP contribution in [-0.2, 0) is 24.7 Å². The molecule has 0 saturated carbocycles. The topological polar surface area (TPSA) is 44.8 Å². The molecule has 1 rings (SSSR count). The molecule has 0 amide bonds. The Morgan fingerprint density at radius 1 is 0.952 bits per heavy atom. The Bertz CT molecular complexity index is 422. The van der Waals surface area contributed by atoms with Crippen molar-refractivity contribution in [3.63, 3.8) is 0 Å². The Morgan fingerprint density at radius 3 is 1.95 bits per heavy atom. The van der Waals surface area contributed by atoms with Gasteiger partial charge in [-0.1, -0.05) is 38.8 Å². The van der Waals surface area contributed by atoms with E-state index in [0.717, 1.165) is 31.2 Å². The molecule has 0 N–H and O–H groups in total. The lowest BCUT2D eigenvalue weighted by Gasteiger charge is -2.18. The number of hydrogen-bond acceptors (Lipinski definition) is 4. The van der Waals surface area contributed by atoms with Crippen LogP contribution in [0.25, 0.3) is 0 Å². The Morgan fingerprint density at radius 2 is 1.48 bits per heavy atom. The second-order valence-electron chi connectivity index (χ2n) is 4.72. The van der Waals surface area contributed by atoms with Crippen molar-refractivity contribution in [2.75, 3.05) is 13.2 Å². The van der Waals surface area contributed by atoms with Gasteiger partial charge in [-0.25, -0.2) is 8.96 Å². The Labute approximate surface area is 126 Å². The summed E-state index contributed by atoms with van der Waals surface area (Å²) in [5, 5.41) is 0. The molecule has 0 aromatic heterocycles. The third-order valence-electron chi connectivity index (χ3n) is 2.80. The molecule has 1 aromatic rings. The van der Waals surface area contributed by atoms with Gasteiger partial charge < -0.3 is 0 Å². The van der Waals surface area contributed by atoms with Gasteiger partial charge in [0.15, 0.2) is 0 Å². The van der Waals surface area contributed by atoms with Crippen LogP contribution >= 0.6 is 7.82 Å². The third kappa shape index (κ3) is 7.72. The molecule has 0 unspecified atom stereocenters. The predicted molar refractivity (Wildman–Crippen MR) is 80.5 cm³/mol. The summed E-state index contributed by atoms with van der Waals surface area (Å²) in [6, 6.07) is 5.83. The van der Waals surface area contributed by atoms with E-state index in [2.05, 4.69) is 0 Å². The molecule has 0 bridgehead atoms. The summed E-state index contributed by atoms with van der Waals surface area (Å²) in [4.78, 5) is 0. The van der Waals surface area contributed by atoms with E-state index >= 15 is 0 Å². The van der Waals surface area contributed by atoms with Crippen LogP contribution in [0.2, 0.25) is 0 Å². The smallest absolute Gasteiger partial charge is 0.287 e. The fraction of sp³-hybridized carbons (Fsp3) is 0.600. The van der Waals surface area contributed by atoms with Gasteiger partial charge in [0.1, 0.15) is 5.82 Å². The van der Waals surface area contributed by atoms with Crippen molar-refractivity contribution in [3.8, 4) is 0 Å². The van der Waals surface area contributed by atoms with E-state index in [1.165, 1.54) is 12.1 Å². The van der Waals surface area contributed by atoms with Crippen molar-refractivity contribution < 1.29 is 22.5 Å². The molecule has 1 aromatic carbocycles. The first-order valence-corrected chi connectivity index (χ1v) is 8.84. The molecular weight excluding hydrogens is 294 g/mol. The van der Waals surface area contributed by atoms with Gasteiger partial charge in [-0.05, 0) is 30.5 Å². The Balaban J connectivity index is 2.53. The van der Waals surface area contributed by atoms with Gasteiger partial charge in [0, 0.05) is 0 Å². The number of unbranched alkanes of at least 4 members (excludes halogenated alkanes) is 2. The fourth-order valence-corrected chi connectivity index (χ4v) is 2.72. The molecular formula is C15H24FO4P. The third-order valence-corrected chi connectivity index (χ3v) is 4.24. The summed E-state index contributed by atoms with van der Waals surface area (Å²) in [5.74, 6) is -0.319. The van der Waals surface area contributed by atoms with Gasteiger partial charge in [-0.2, -0.15) is 0 Å². The number of phosphoric ester groups is 1. The Hall–Kier alpha value is -0.740. The maximum absolute atomic E-state index is 12.8. The fourth-order valence-electron chi connectivity index (χ4n) is 1.49. The summed E-state index contributed by atoms with van der Waals surface area (Å²) >= 11 is 0. The molecule has 4 nitrogen and oxygen atoms in total. The maximum Gasteiger partial charge on any atom is 0.475 e. The summed E-state index contributed by atoms with van der Waals surface area (Å²) in [6.45, 7) is 4.78. The number of phosphoric acid groups is 1. The van der Waals surface area contributed by atoms with E-state index in [1.54, 1.807) is 12.1 Å². The SMILES string of the molecule is CCCCOP(=O)(OCCCC)OCc1ccc(F)cc1. The van der Waals surface area contributed by atoms with Crippen molar-refractivity contribution in [3.05, 3.63) is 35.6 Å². The van der Waals surface area contributed by atoms with Crippen molar-refractivity contribution in [2.45, 2.75) is 46.1 Å². The van der Waals surface area contributed by atoms with Crippen molar-refractivity contribution in [1.29, 1.82) is 0 Å². The summed E-state index contributed by atoms with van der Waals surface area (Å²) in [6.07, 6.45) is 3.46. The van der Waals surface area contributed by atoms with Crippen LogP contribution in [0.3, 0.4) is 0 Å². The van der Waals surface area contributed by atoms with Crippen LogP contribution in [0.5, 0.6) is 0 Å². The van der Waals surface area contributed by atoms with E-state index in [0.29, 0.717) is 13.2 Å². The predicted octanol–water partition coefficient (Wildman–Crippen LogP) is 5.08. The molecule has 0 spiro atoms. The zero-order chi connectivity index (χ0) is 15.6. The molecule has 0 atom stereocenters. The van der Waals surface area contributed by atoms with Crippen LogP contribution in [0.1, 0.15) is 45.1 Å². The monoisotopic (exact) mass is 318 g/mol. The molecule has 120 valence electrons. The number of benzene rings is 1. The van der Waals surface area contributed by atoms with Gasteiger partial charge in [-0.3, -0.25) is 13.6 Å². The first kappa shape index (κ1) is 18.3. The van der Waals surface area contributed by atoms with Crippen molar-refractivity contribution >= 4 is 7.82 Å². The van der Waals surface area contributed by atoms with E-state index in [9.17, 15) is 8.96 Å². The lowest BCUT2D eigenvalue weighted by molar-refractivity contribution is 0.106. The largest absolute Gasteiger partial charge is 0.475 e. The minimum atomic E-state index is -3.55. The van der Waals surface area contributed by atoms with Crippen LogP contribution < -0.4 is 0 Å². The molecule has 6 heteroatoms. The highest BCUT2D eigenvalue weighted by Crippen LogP contribution is 2.50. The van der Waals surface area contributed by atoms with Crippen molar-refractivity contribution in [1.82, 2.24) is 0 Å². The van der Waals surface area contributed by atoms with Gasteiger partial charge >= 0.3 is 7.82 Å². The average Bonchev–Trinajstić information content (AvgIpc) is 2.47. The lowest BCUT2D eigenvalue weighted by Crippen LogP contribution is -2.03. The minimum Gasteiger partial charge on any atom is -0.287 e. The second-order valence-corrected chi connectivity index (χ2v) is 6.39. The molecule has 0 aliphatic carbocycles. The maximum atomic E-state index is 12.8. The molecule has 0 aliphatic rings. The normalized spacial score (nSPS) is 11.8. The highest BCUT2D eigenvalue weighted by molar-refractivity contribution is 7.48. The standard InChI is InChI=1S/C15H24FO4P/c1-3-5-11-18-21(17,19-12-6-4-2)20-13-14-7-9-15(16)10-8-14/h7-10H,3-6,11-13H2,1-2H3.